The third kappa shape index (κ3) is 3.67. The molecule has 0 aliphatic carbocycles. The van der Waals surface area contributed by atoms with Crippen LogP contribution in [0.5, 0.6) is 0 Å². The van der Waals surface area contributed by atoms with Gasteiger partial charge >= 0.3 is 0 Å². The molecule has 1 aromatic carbocycles. The zero-order valence-electron chi connectivity index (χ0n) is 11.6. The van der Waals surface area contributed by atoms with Crippen molar-refractivity contribution < 1.29 is 9.72 Å². The van der Waals surface area contributed by atoms with Crippen molar-refractivity contribution in [3.8, 4) is 0 Å². The molecule has 1 unspecified atom stereocenters. The number of nitrogens with one attached hydrogen (secondary N) is 1. The Morgan fingerprint density at radius 1 is 1.47 bits per heavy atom. The van der Waals surface area contributed by atoms with Gasteiger partial charge in [0.2, 0.25) is 0 Å². The number of carbonyl (C=O) groups excluding carboxylic acids is 1. The molecule has 0 fully saturated rings. The normalized spacial score (nSPS) is 11.8. The zero-order chi connectivity index (χ0) is 14.6. The summed E-state index contributed by atoms with van der Waals surface area (Å²) >= 11 is 0. The van der Waals surface area contributed by atoms with Crippen molar-refractivity contribution >= 4 is 17.3 Å². The van der Waals surface area contributed by atoms with E-state index in [2.05, 4.69) is 5.32 Å². The fourth-order valence-corrected chi connectivity index (χ4v) is 1.56. The summed E-state index contributed by atoms with van der Waals surface area (Å²) in [4.78, 5) is 23.8. The van der Waals surface area contributed by atoms with Gasteiger partial charge < -0.3 is 10.2 Å². The van der Waals surface area contributed by atoms with Crippen LogP contribution in [0.1, 0.15) is 30.6 Å². The van der Waals surface area contributed by atoms with Gasteiger partial charge in [0, 0.05) is 31.8 Å². The predicted molar refractivity (Wildman–Crippen MR) is 74.5 cm³/mol. The molecule has 0 aliphatic heterocycles. The van der Waals surface area contributed by atoms with Gasteiger partial charge in [-0.05, 0) is 25.5 Å². The number of nitro benzene ring substituents is 1. The van der Waals surface area contributed by atoms with Crippen molar-refractivity contribution in [3.05, 3.63) is 33.9 Å². The molecule has 1 N–H and O–H groups in total. The number of hydrogen-bond acceptors (Lipinski definition) is 4. The number of amides is 1. The lowest BCUT2D eigenvalue weighted by Gasteiger charge is -2.14. The molecular formula is C13H19N3O3. The Morgan fingerprint density at radius 3 is 2.58 bits per heavy atom. The monoisotopic (exact) mass is 265 g/mol. The second kappa shape index (κ2) is 6.17. The minimum Gasteiger partial charge on any atom is -0.377 e. The first-order valence-corrected chi connectivity index (χ1v) is 6.13. The van der Waals surface area contributed by atoms with Crippen LogP contribution in [-0.4, -0.2) is 35.9 Å². The van der Waals surface area contributed by atoms with E-state index in [0.29, 0.717) is 11.3 Å². The number of hydrogen-bond donors (Lipinski definition) is 1. The first kappa shape index (κ1) is 14.9. The molecule has 0 saturated heterocycles. The highest BCUT2D eigenvalue weighted by atomic mass is 16.6. The molecule has 104 valence electrons. The van der Waals surface area contributed by atoms with E-state index in [0.717, 1.165) is 6.42 Å². The van der Waals surface area contributed by atoms with Crippen molar-refractivity contribution in [3.63, 3.8) is 0 Å². The summed E-state index contributed by atoms with van der Waals surface area (Å²) in [6.45, 7) is 3.94. The highest BCUT2D eigenvalue weighted by Crippen LogP contribution is 2.27. The fourth-order valence-electron chi connectivity index (χ4n) is 1.56. The molecule has 0 aliphatic rings. The van der Waals surface area contributed by atoms with Gasteiger partial charge in [0.05, 0.1) is 4.92 Å². The summed E-state index contributed by atoms with van der Waals surface area (Å²) in [5.74, 6) is -0.252. The smallest absolute Gasteiger partial charge is 0.293 e. The van der Waals surface area contributed by atoms with Crippen molar-refractivity contribution in [1.82, 2.24) is 4.90 Å². The Morgan fingerprint density at radius 2 is 2.11 bits per heavy atom. The summed E-state index contributed by atoms with van der Waals surface area (Å²) in [5, 5.41) is 14.1. The number of nitro groups is 1. The van der Waals surface area contributed by atoms with Crippen molar-refractivity contribution in [1.29, 1.82) is 0 Å². The van der Waals surface area contributed by atoms with Crippen LogP contribution in [0.2, 0.25) is 0 Å². The van der Waals surface area contributed by atoms with E-state index in [-0.39, 0.29) is 17.6 Å². The highest BCUT2D eigenvalue weighted by Gasteiger charge is 2.19. The molecule has 19 heavy (non-hydrogen) atoms. The average molecular weight is 265 g/mol. The zero-order valence-corrected chi connectivity index (χ0v) is 11.6. The first-order chi connectivity index (χ1) is 8.86. The Bertz CT molecular complexity index is 486. The molecule has 0 heterocycles. The molecule has 6 heteroatoms. The van der Waals surface area contributed by atoms with Crippen molar-refractivity contribution in [2.24, 2.45) is 0 Å². The van der Waals surface area contributed by atoms with Crippen LogP contribution in [0.15, 0.2) is 18.2 Å². The minimum atomic E-state index is -0.475. The lowest BCUT2D eigenvalue weighted by Crippen LogP contribution is -2.22. The van der Waals surface area contributed by atoms with Gasteiger partial charge in [0.1, 0.15) is 5.69 Å². The van der Waals surface area contributed by atoms with Crippen molar-refractivity contribution in [2.75, 3.05) is 19.4 Å². The lowest BCUT2D eigenvalue weighted by atomic mass is 10.1. The number of carbonyl (C=O) groups is 1. The molecule has 0 radical (unpaired) electrons. The third-order valence-electron chi connectivity index (χ3n) is 2.86. The molecule has 0 spiro atoms. The summed E-state index contributed by atoms with van der Waals surface area (Å²) in [5.41, 5.74) is 0.675. The standard InChI is InChI=1S/C13H19N3O3/c1-5-9(2)14-11-7-6-10(13(17)15(3)4)8-12(11)16(18)19/h6-9,14H,5H2,1-4H3. The molecular weight excluding hydrogens is 246 g/mol. The van der Waals surface area contributed by atoms with E-state index in [1.807, 2.05) is 13.8 Å². The van der Waals surface area contributed by atoms with Crippen LogP contribution in [0.3, 0.4) is 0 Å². The van der Waals surface area contributed by atoms with Crippen LogP contribution in [0.25, 0.3) is 0 Å². The van der Waals surface area contributed by atoms with E-state index in [9.17, 15) is 14.9 Å². The molecule has 1 aromatic rings. The SMILES string of the molecule is CCC(C)Nc1ccc(C(=O)N(C)C)cc1[N+](=O)[O-]. The summed E-state index contributed by atoms with van der Waals surface area (Å²) in [7, 11) is 3.22. The number of nitrogens with zero attached hydrogens (tertiary/aromatic N) is 2. The Kier molecular flexibility index (Phi) is 4.86. The molecule has 1 amide bonds. The van der Waals surface area contributed by atoms with E-state index in [1.54, 1.807) is 26.2 Å². The Hall–Kier alpha value is -2.11. The van der Waals surface area contributed by atoms with Crippen LogP contribution in [-0.2, 0) is 0 Å². The summed E-state index contributed by atoms with van der Waals surface area (Å²) < 4.78 is 0. The maximum Gasteiger partial charge on any atom is 0.293 e. The topological polar surface area (TPSA) is 75.5 Å². The molecule has 0 bridgehead atoms. The maximum atomic E-state index is 11.8. The highest BCUT2D eigenvalue weighted by molar-refractivity contribution is 5.95. The van der Waals surface area contributed by atoms with Gasteiger partial charge in [-0.3, -0.25) is 14.9 Å². The fraction of sp³-hybridized carbons (Fsp3) is 0.462. The van der Waals surface area contributed by atoms with E-state index in [4.69, 9.17) is 0 Å². The van der Waals surface area contributed by atoms with E-state index in [1.165, 1.54) is 11.0 Å². The second-order valence-electron chi connectivity index (χ2n) is 4.64. The van der Waals surface area contributed by atoms with Gasteiger partial charge in [0.25, 0.3) is 11.6 Å². The number of anilines is 1. The lowest BCUT2D eigenvalue weighted by molar-refractivity contribution is -0.384. The van der Waals surface area contributed by atoms with Gasteiger partial charge in [-0.15, -0.1) is 0 Å². The predicted octanol–water partition coefficient (Wildman–Crippen LogP) is 2.51. The minimum absolute atomic E-state index is 0.0759. The van der Waals surface area contributed by atoms with Crippen LogP contribution >= 0.6 is 0 Å². The van der Waals surface area contributed by atoms with Crippen molar-refractivity contribution in [2.45, 2.75) is 26.3 Å². The maximum absolute atomic E-state index is 11.8. The quantitative estimate of drug-likeness (QED) is 0.655. The summed E-state index contributed by atoms with van der Waals surface area (Å²) in [6.07, 6.45) is 0.857. The molecule has 1 atom stereocenters. The van der Waals surface area contributed by atoms with Gasteiger partial charge in [-0.25, -0.2) is 0 Å². The molecule has 6 nitrogen and oxygen atoms in total. The molecule has 0 aromatic heterocycles. The molecule has 0 saturated carbocycles. The largest absolute Gasteiger partial charge is 0.377 e. The number of benzene rings is 1. The first-order valence-electron chi connectivity index (χ1n) is 6.13. The van der Waals surface area contributed by atoms with Crippen LogP contribution in [0, 0.1) is 10.1 Å². The number of rotatable bonds is 5. The van der Waals surface area contributed by atoms with Crippen LogP contribution in [0.4, 0.5) is 11.4 Å². The van der Waals surface area contributed by atoms with E-state index < -0.39 is 4.92 Å². The van der Waals surface area contributed by atoms with Gasteiger partial charge in [-0.2, -0.15) is 0 Å². The Balaban J connectivity index is 3.15. The second-order valence-corrected chi connectivity index (χ2v) is 4.64. The van der Waals surface area contributed by atoms with Gasteiger partial charge in [-0.1, -0.05) is 6.92 Å². The van der Waals surface area contributed by atoms with Gasteiger partial charge in [0.15, 0.2) is 0 Å². The Labute approximate surface area is 112 Å². The summed E-state index contributed by atoms with van der Waals surface area (Å²) in [6, 6.07) is 4.63. The average Bonchev–Trinajstić information content (AvgIpc) is 2.37. The third-order valence-corrected chi connectivity index (χ3v) is 2.86. The van der Waals surface area contributed by atoms with E-state index >= 15 is 0 Å². The van der Waals surface area contributed by atoms with Crippen LogP contribution < -0.4 is 5.32 Å². The molecule has 1 rings (SSSR count).